The van der Waals surface area contributed by atoms with Crippen molar-refractivity contribution in [1.29, 1.82) is 0 Å². The van der Waals surface area contributed by atoms with E-state index < -0.39 is 0 Å². The van der Waals surface area contributed by atoms with Crippen LogP contribution in [0.15, 0.2) is 36.4 Å². The summed E-state index contributed by atoms with van der Waals surface area (Å²) in [4.78, 5) is 18.2. The summed E-state index contributed by atoms with van der Waals surface area (Å²) in [5, 5.41) is 4.06. The van der Waals surface area contributed by atoms with E-state index in [0.717, 1.165) is 75.1 Å². The molecule has 218 valence electrons. The van der Waals surface area contributed by atoms with Crippen LogP contribution in [-0.4, -0.2) is 62.1 Å². The molecule has 3 aliphatic rings. The van der Waals surface area contributed by atoms with Crippen molar-refractivity contribution in [2.75, 3.05) is 40.4 Å². The van der Waals surface area contributed by atoms with Crippen LogP contribution >= 0.6 is 11.6 Å². The second-order valence-electron chi connectivity index (χ2n) is 12.0. The molecule has 2 aromatic rings. The maximum Gasteiger partial charge on any atom is 0.220 e. The number of benzene rings is 2. The quantitative estimate of drug-likeness (QED) is 0.377. The zero-order valence-electron chi connectivity index (χ0n) is 24.3. The van der Waals surface area contributed by atoms with Crippen LogP contribution in [0.2, 0.25) is 5.02 Å². The van der Waals surface area contributed by atoms with Gasteiger partial charge in [0, 0.05) is 50.2 Å². The molecule has 2 aliphatic heterocycles. The number of hydrogen-bond donors (Lipinski definition) is 1. The fourth-order valence-electron chi connectivity index (χ4n) is 7.14. The molecule has 1 saturated carbocycles. The molecule has 0 radical (unpaired) electrons. The Balaban J connectivity index is 1.25. The number of rotatable bonds is 10. The molecule has 1 saturated heterocycles. The third-order valence-electron chi connectivity index (χ3n) is 9.34. The van der Waals surface area contributed by atoms with Crippen molar-refractivity contribution in [3.63, 3.8) is 0 Å². The van der Waals surface area contributed by atoms with Gasteiger partial charge < -0.3 is 14.8 Å². The molecule has 2 aromatic carbocycles. The first-order chi connectivity index (χ1) is 19.5. The SMILES string of the molecule is COc1cc2c(cc1OC)CN([C@@H]1CCN(Cc3cccc(Cl)c3)C[C@@H]1CCC(=O)NCC1CCCCC1)CC2. The van der Waals surface area contributed by atoms with Gasteiger partial charge in [-0.05, 0) is 91.4 Å². The lowest BCUT2D eigenvalue weighted by atomic mass is 9.85. The fraction of sp³-hybridized carbons (Fsp3) is 0.606. The average molecular weight is 568 g/mol. The standard InChI is InChI=1S/C33H46ClN3O3/c1-39-31-18-26-13-16-37(23-28(26)19-32(31)40-2)30-14-15-36(21-25-9-6-10-29(34)17-25)22-27(30)11-12-33(38)35-20-24-7-4-3-5-8-24/h6,9-10,17-19,24,27,30H,3-5,7-8,11-16,20-23H2,1-2H3,(H,35,38)/t27-,30+/m0/s1. The van der Waals surface area contributed by atoms with E-state index >= 15 is 0 Å². The molecule has 1 amide bonds. The largest absolute Gasteiger partial charge is 0.493 e. The maximum absolute atomic E-state index is 12.9. The lowest BCUT2D eigenvalue weighted by Gasteiger charge is -2.45. The van der Waals surface area contributed by atoms with Crippen LogP contribution in [0.3, 0.4) is 0 Å². The Labute approximate surface area is 245 Å². The molecule has 2 atom stereocenters. The first kappa shape index (κ1) is 29.2. The minimum Gasteiger partial charge on any atom is -0.493 e. The van der Waals surface area contributed by atoms with E-state index in [1.807, 2.05) is 12.1 Å². The third kappa shape index (κ3) is 7.51. The molecule has 0 bridgehead atoms. The summed E-state index contributed by atoms with van der Waals surface area (Å²) in [5.74, 6) is 2.93. The number of piperidine rings is 1. The molecule has 1 aliphatic carbocycles. The van der Waals surface area contributed by atoms with Gasteiger partial charge in [-0.3, -0.25) is 14.6 Å². The Morgan fingerprint density at radius 1 is 1.00 bits per heavy atom. The predicted molar refractivity (Wildman–Crippen MR) is 161 cm³/mol. The van der Waals surface area contributed by atoms with Crippen LogP contribution in [0.1, 0.15) is 68.1 Å². The van der Waals surface area contributed by atoms with Gasteiger partial charge in [0.05, 0.1) is 14.2 Å². The smallest absolute Gasteiger partial charge is 0.220 e. The highest BCUT2D eigenvalue weighted by atomic mass is 35.5. The Bertz CT molecular complexity index is 1140. The maximum atomic E-state index is 12.9. The average Bonchev–Trinajstić information content (AvgIpc) is 2.98. The van der Waals surface area contributed by atoms with Crippen LogP contribution in [0, 0.1) is 11.8 Å². The highest BCUT2D eigenvalue weighted by Crippen LogP contribution is 2.36. The van der Waals surface area contributed by atoms with Crippen LogP contribution in [0.4, 0.5) is 0 Å². The molecule has 7 heteroatoms. The second-order valence-corrected chi connectivity index (χ2v) is 12.5. The summed E-state index contributed by atoms with van der Waals surface area (Å²) in [7, 11) is 3.41. The van der Waals surface area contributed by atoms with E-state index in [1.54, 1.807) is 14.2 Å². The van der Waals surface area contributed by atoms with Crippen LogP contribution in [-0.2, 0) is 24.3 Å². The van der Waals surface area contributed by atoms with E-state index in [1.165, 1.54) is 48.8 Å². The number of methoxy groups -OCH3 is 2. The van der Waals surface area contributed by atoms with Crippen molar-refractivity contribution < 1.29 is 14.3 Å². The van der Waals surface area contributed by atoms with Gasteiger partial charge in [0.25, 0.3) is 0 Å². The van der Waals surface area contributed by atoms with Gasteiger partial charge in [0.1, 0.15) is 0 Å². The lowest BCUT2D eigenvalue weighted by molar-refractivity contribution is -0.121. The molecule has 1 N–H and O–H groups in total. The zero-order chi connectivity index (χ0) is 27.9. The van der Waals surface area contributed by atoms with E-state index in [0.29, 0.717) is 24.3 Å². The van der Waals surface area contributed by atoms with E-state index in [9.17, 15) is 4.79 Å². The van der Waals surface area contributed by atoms with Crippen LogP contribution in [0.25, 0.3) is 0 Å². The van der Waals surface area contributed by atoms with Gasteiger partial charge in [0.15, 0.2) is 11.5 Å². The van der Waals surface area contributed by atoms with Crippen molar-refractivity contribution >= 4 is 17.5 Å². The number of carbonyl (C=O) groups is 1. The number of carbonyl (C=O) groups excluding carboxylic acids is 1. The number of nitrogens with one attached hydrogen (secondary N) is 1. The Morgan fingerprint density at radius 2 is 1.77 bits per heavy atom. The molecular formula is C33H46ClN3O3. The first-order valence-electron chi connectivity index (χ1n) is 15.2. The minimum absolute atomic E-state index is 0.220. The molecule has 0 spiro atoms. The van der Waals surface area contributed by atoms with Gasteiger partial charge in [-0.25, -0.2) is 0 Å². The van der Waals surface area contributed by atoms with E-state index in [4.69, 9.17) is 21.1 Å². The molecule has 40 heavy (non-hydrogen) atoms. The molecule has 2 fully saturated rings. The molecular weight excluding hydrogens is 522 g/mol. The minimum atomic E-state index is 0.220. The Hall–Kier alpha value is -2.28. The van der Waals surface area contributed by atoms with Gasteiger partial charge >= 0.3 is 0 Å². The first-order valence-corrected chi connectivity index (χ1v) is 15.6. The van der Waals surface area contributed by atoms with Crippen LogP contribution < -0.4 is 14.8 Å². The predicted octanol–water partition coefficient (Wildman–Crippen LogP) is 6.08. The Morgan fingerprint density at radius 3 is 2.52 bits per heavy atom. The summed E-state index contributed by atoms with van der Waals surface area (Å²) in [6, 6.07) is 13.0. The third-order valence-corrected chi connectivity index (χ3v) is 9.58. The zero-order valence-corrected chi connectivity index (χ0v) is 25.1. The highest BCUT2D eigenvalue weighted by molar-refractivity contribution is 6.30. The summed E-state index contributed by atoms with van der Waals surface area (Å²) in [6.07, 6.45) is 10.1. The van der Waals surface area contributed by atoms with Crippen molar-refractivity contribution in [3.05, 3.63) is 58.1 Å². The summed E-state index contributed by atoms with van der Waals surface area (Å²) in [5.41, 5.74) is 3.93. The summed E-state index contributed by atoms with van der Waals surface area (Å²) >= 11 is 6.28. The molecule has 2 heterocycles. The lowest BCUT2D eigenvalue weighted by Crippen LogP contribution is -2.52. The van der Waals surface area contributed by atoms with Gasteiger partial charge in [-0.2, -0.15) is 0 Å². The fourth-order valence-corrected chi connectivity index (χ4v) is 7.35. The molecule has 0 aromatic heterocycles. The number of ether oxygens (including phenoxy) is 2. The molecule has 6 nitrogen and oxygen atoms in total. The Kier molecular flexibility index (Phi) is 10.3. The number of halogens is 1. The van der Waals surface area contributed by atoms with Crippen molar-refractivity contribution in [2.24, 2.45) is 11.8 Å². The second kappa shape index (κ2) is 14.1. The van der Waals surface area contributed by atoms with E-state index in [2.05, 4.69) is 39.4 Å². The summed E-state index contributed by atoms with van der Waals surface area (Å²) in [6.45, 7) is 5.75. The van der Waals surface area contributed by atoms with E-state index in [-0.39, 0.29) is 5.91 Å². The highest BCUT2D eigenvalue weighted by Gasteiger charge is 2.35. The van der Waals surface area contributed by atoms with Gasteiger partial charge in [0.2, 0.25) is 5.91 Å². The number of nitrogens with zero attached hydrogens (tertiary/aromatic N) is 2. The normalized spacial score (nSPS) is 22.5. The number of fused-ring (bicyclic) bond motifs is 1. The number of likely N-dealkylation sites (tertiary alicyclic amines) is 1. The monoisotopic (exact) mass is 567 g/mol. The topological polar surface area (TPSA) is 54.0 Å². The molecule has 5 rings (SSSR count). The molecule has 0 unspecified atom stereocenters. The van der Waals surface area contributed by atoms with Crippen molar-refractivity contribution in [3.8, 4) is 11.5 Å². The number of amides is 1. The van der Waals surface area contributed by atoms with Crippen LogP contribution in [0.5, 0.6) is 11.5 Å². The number of hydrogen-bond acceptors (Lipinski definition) is 5. The van der Waals surface area contributed by atoms with Crippen molar-refractivity contribution in [2.45, 2.75) is 76.9 Å². The van der Waals surface area contributed by atoms with Gasteiger partial charge in [-0.1, -0.05) is 43.0 Å². The summed E-state index contributed by atoms with van der Waals surface area (Å²) < 4.78 is 11.2. The van der Waals surface area contributed by atoms with Gasteiger partial charge in [-0.15, -0.1) is 0 Å². The van der Waals surface area contributed by atoms with Crippen molar-refractivity contribution in [1.82, 2.24) is 15.1 Å².